The maximum absolute atomic E-state index is 13.3. The highest BCUT2D eigenvalue weighted by molar-refractivity contribution is 7.99. The van der Waals surface area contributed by atoms with Crippen LogP contribution in [0.1, 0.15) is 35.9 Å². The van der Waals surface area contributed by atoms with E-state index in [4.69, 9.17) is 11.6 Å². The molecule has 1 amide bonds. The lowest BCUT2D eigenvalue weighted by atomic mass is 10.1. The van der Waals surface area contributed by atoms with Crippen molar-refractivity contribution in [3.8, 4) is 0 Å². The molecule has 26 heavy (non-hydrogen) atoms. The zero-order valence-electron chi connectivity index (χ0n) is 14.9. The Morgan fingerprint density at radius 2 is 2.12 bits per heavy atom. The Morgan fingerprint density at radius 3 is 2.88 bits per heavy atom. The van der Waals surface area contributed by atoms with E-state index in [-0.39, 0.29) is 11.9 Å². The maximum Gasteiger partial charge on any atom is 0.260 e. The van der Waals surface area contributed by atoms with Gasteiger partial charge in [0.1, 0.15) is 0 Å². The maximum atomic E-state index is 13.3. The Bertz CT molecular complexity index is 1010. The van der Waals surface area contributed by atoms with E-state index >= 15 is 0 Å². The first-order valence-corrected chi connectivity index (χ1v) is 9.91. The van der Waals surface area contributed by atoms with Crippen LogP contribution in [0, 0.1) is 6.92 Å². The molecule has 0 fully saturated rings. The quantitative estimate of drug-likeness (QED) is 0.639. The van der Waals surface area contributed by atoms with Crippen LogP contribution in [0.3, 0.4) is 0 Å². The summed E-state index contributed by atoms with van der Waals surface area (Å²) in [6.45, 7) is 6.66. The molecule has 3 aromatic rings. The summed E-state index contributed by atoms with van der Waals surface area (Å²) in [4.78, 5) is 20.8. The molecule has 0 spiro atoms. The van der Waals surface area contributed by atoms with Gasteiger partial charge in [-0.3, -0.25) is 4.79 Å². The third-order valence-corrected chi connectivity index (χ3v) is 5.79. The topological polar surface area (TPSA) is 51.0 Å². The van der Waals surface area contributed by atoms with E-state index in [9.17, 15) is 4.79 Å². The van der Waals surface area contributed by atoms with Gasteiger partial charge in [-0.05, 0) is 45.0 Å². The predicted octanol–water partition coefficient (Wildman–Crippen LogP) is 4.73. The smallest absolute Gasteiger partial charge is 0.260 e. The van der Waals surface area contributed by atoms with Crippen molar-refractivity contribution < 1.29 is 4.79 Å². The van der Waals surface area contributed by atoms with Crippen molar-refractivity contribution >= 4 is 46.0 Å². The number of aromatic nitrogens is 3. The van der Waals surface area contributed by atoms with Crippen molar-refractivity contribution in [1.82, 2.24) is 14.8 Å². The average molecular weight is 387 g/mol. The van der Waals surface area contributed by atoms with Crippen LogP contribution in [0.15, 0.2) is 35.4 Å². The first-order chi connectivity index (χ1) is 12.5. The number of carbonyl (C=O) groups is 1. The van der Waals surface area contributed by atoms with Crippen molar-refractivity contribution in [3.63, 3.8) is 0 Å². The summed E-state index contributed by atoms with van der Waals surface area (Å²) in [6, 6.07) is 7.81. The van der Waals surface area contributed by atoms with Gasteiger partial charge in [0.15, 0.2) is 5.65 Å². The minimum absolute atomic E-state index is 0.0435. The van der Waals surface area contributed by atoms with E-state index < -0.39 is 0 Å². The van der Waals surface area contributed by atoms with Crippen molar-refractivity contribution in [1.29, 1.82) is 0 Å². The van der Waals surface area contributed by atoms with Crippen LogP contribution in [-0.4, -0.2) is 33.0 Å². The lowest BCUT2D eigenvalue weighted by Gasteiger charge is -2.29. The molecule has 0 N–H and O–H groups in total. The Morgan fingerprint density at radius 1 is 1.31 bits per heavy atom. The number of thioether (sulfide) groups is 1. The number of rotatable bonds is 2. The molecule has 0 saturated carbocycles. The van der Waals surface area contributed by atoms with Gasteiger partial charge < -0.3 is 4.90 Å². The van der Waals surface area contributed by atoms with E-state index in [0.717, 1.165) is 27.4 Å². The molecule has 0 saturated heterocycles. The van der Waals surface area contributed by atoms with Gasteiger partial charge in [-0.15, -0.1) is 11.8 Å². The number of amides is 1. The Balaban J connectivity index is 1.78. The molecular formula is C19H19ClN4OS. The van der Waals surface area contributed by atoms with Crippen LogP contribution in [0.4, 0.5) is 5.69 Å². The SMILES string of the molecule is Cc1nc2c(cnn2C(C)C)cc1C(=O)N1CCSc2ccc(Cl)cc21. The molecule has 4 rings (SSSR count). The number of aryl methyl sites for hydroxylation is 1. The van der Waals surface area contributed by atoms with Crippen molar-refractivity contribution in [3.05, 3.63) is 46.7 Å². The van der Waals surface area contributed by atoms with Crippen LogP contribution >= 0.6 is 23.4 Å². The highest BCUT2D eigenvalue weighted by Crippen LogP contribution is 2.37. The third-order valence-electron chi connectivity index (χ3n) is 4.51. The second-order valence-electron chi connectivity index (χ2n) is 6.63. The summed E-state index contributed by atoms with van der Waals surface area (Å²) < 4.78 is 1.88. The van der Waals surface area contributed by atoms with Crippen LogP contribution < -0.4 is 4.90 Å². The molecule has 0 bridgehead atoms. The molecule has 0 atom stereocenters. The monoisotopic (exact) mass is 386 g/mol. The third kappa shape index (κ3) is 2.87. The van der Waals surface area contributed by atoms with Gasteiger partial charge in [0, 0.05) is 33.6 Å². The normalized spacial score (nSPS) is 14.1. The summed E-state index contributed by atoms with van der Waals surface area (Å²) in [7, 11) is 0. The molecule has 3 heterocycles. The first-order valence-electron chi connectivity index (χ1n) is 8.55. The van der Waals surface area contributed by atoms with Crippen LogP contribution in [0.5, 0.6) is 0 Å². The zero-order chi connectivity index (χ0) is 18.4. The van der Waals surface area contributed by atoms with E-state index in [0.29, 0.717) is 22.8 Å². The molecule has 7 heteroatoms. The lowest BCUT2D eigenvalue weighted by molar-refractivity contribution is 0.0987. The molecule has 2 aromatic heterocycles. The largest absolute Gasteiger partial charge is 0.306 e. The molecule has 5 nitrogen and oxygen atoms in total. The number of hydrogen-bond acceptors (Lipinski definition) is 4. The Hall–Kier alpha value is -2.05. The van der Waals surface area contributed by atoms with E-state index in [1.807, 2.05) is 35.9 Å². The Labute approximate surface area is 161 Å². The molecule has 0 unspecified atom stereocenters. The zero-order valence-corrected chi connectivity index (χ0v) is 16.4. The van der Waals surface area contributed by atoms with Gasteiger partial charge >= 0.3 is 0 Å². The van der Waals surface area contributed by atoms with Crippen LogP contribution in [0.2, 0.25) is 5.02 Å². The van der Waals surface area contributed by atoms with Gasteiger partial charge in [0.05, 0.1) is 23.1 Å². The summed E-state index contributed by atoms with van der Waals surface area (Å²) in [6.07, 6.45) is 1.77. The summed E-state index contributed by atoms with van der Waals surface area (Å²) >= 11 is 7.91. The van der Waals surface area contributed by atoms with Gasteiger partial charge in [0.25, 0.3) is 5.91 Å². The fourth-order valence-electron chi connectivity index (χ4n) is 3.21. The van der Waals surface area contributed by atoms with E-state index in [1.54, 1.807) is 22.9 Å². The number of fused-ring (bicyclic) bond motifs is 2. The number of hydrogen-bond donors (Lipinski definition) is 0. The molecule has 0 radical (unpaired) electrons. The van der Waals surface area contributed by atoms with Gasteiger partial charge in [-0.25, -0.2) is 9.67 Å². The lowest BCUT2D eigenvalue weighted by Crippen LogP contribution is -2.36. The number of halogens is 1. The van der Waals surface area contributed by atoms with E-state index in [2.05, 4.69) is 23.9 Å². The van der Waals surface area contributed by atoms with Crippen LogP contribution in [-0.2, 0) is 0 Å². The molecule has 1 aromatic carbocycles. The second-order valence-corrected chi connectivity index (χ2v) is 8.21. The van der Waals surface area contributed by atoms with Crippen molar-refractivity contribution in [2.75, 3.05) is 17.2 Å². The summed E-state index contributed by atoms with van der Waals surface area (Å²) in [5.41, 5.74) is 3.01. The predicted molar refractivity (Wildman–Crippen MR) is 107 cm³/mol. The fraction of sp³-hybridized carbons (Fsp3) is 0.316. The number of anilines is 1. The number of nitrogens with zero attached hydrogens (tertiary/aromatic N) is 4. The molecular weight excluding hydrogens is 368 g/mol. The summed E-state index contributed by atoms with van der Waals surface area (Å²) in [5, 5.41) is 5.92. The fourth-order valence-corrected chi connectivity index (χ4v) is 4.35. The standard InChI is InChI=1S/C19H19ClN4OS/c1-11(2)24-18-13(10-21-24)8-15(12(3)22-18)19(25)23-6-7-26-17-5-4-14(20)9-16(17)23/h4-5,8-11H,6-7H2,1-3H3. The minimum atomic E-state index is -0.0435. The number of carbonyl (C=O) groups excluding carboxylic acids is 1. The highest BCUT2D eigenvalue weighted by atomic mass is 35.5. The minimum Gasteiger partial charge on any atom is -0.306 e. The van der Waals surface area contributed by atoms with Crippen LogP contribution in [0.25, 0.3) is 11.0 Å². The second kappa shape index (κ2) is 6.59. The average Bonchev–Trinajstić information content (AvgIpc) is 3.02. The highest BCUT2D eigenvalue weighted by Gasteiger charge is 2.26. The van der Waals surface area contributed by atoms with Gasteiger partial charge in [-0.1, -0.05) is 11.6 Å². The number of pyridine rings is 1. The Kier molecular flexibility index (Phi) is 4.40. The summed E-state index contributed by atoms with van der Waals surface area (Å²) in [5.74, 6) is 0.818. The molecule has 134 valence electrons. The van der Waals surface area contributed by atoms with Crippen molar-refractivity contribution in [2.24, 2.45) is 0 Å². The van der Waals surface area contributed by atoms with Gasteiger partial charge in [0.2, 0.25) is 0 Å². The molecule has 0 aliphatic carbocycles. The molecule has 1 aliphatic heterocycles. The van der Waals surface area contributed by atoms with Crippen molar-refractivity contribution in [2.45, 2.75) is 31.7 Å². The molecule has 1 aliphatic rings. The van der Waals surface area contributed by atoms with Gasteiger partial charge in [-0.2, -0.15) is 5.10 Å². The number of benzene rings is 1. The first kappa shape index (κ1) is 17.4. The van der Waals surface area contributed by atoms with E-state index in [1.165, 1.54) is 0 Å².